The smallest absolute Gasteiger partial charge is 0.250 e. The molecular weight excluding hydrogens is 703 g/mol. The van der Waals surface area contributed by atoms with Gasteiger partial charge in [0.2, 0.25) is 11.8 Å². The Morgan fingerprint density at radius 2 is 1.48 bits per heavy atom. The molecule has 52 heavy (non-hydrogen) atoms. The number of hydrogen-bond donors (Lipinski definition) is 3. The molecule has 0 bridgehead atoms. The van der Waals surface area contributed by atoms with Gasteiger partial charge in [-0.05, 0) is 43.4 Å². The van der Waals surface area contributed by atoms with E-state index in [-0.39, 0.29) is 55.5 Å². The van der Waals surface area contributed by atoms with Gasteiger partial charge in [0, 0.05) is 25.7 Å². The molecule has 1 fully saturated rings. The number of nitrogens with two attached hydrogens (primary N) is 1. The van der Waals surface area contributed by atoms with Crippen molar-refractivity contribution in [2.75, 3.05) is 25.0 Å². The van der Waals surface area contributed by atoms with E-state index in [0.717, 1.165) is 16.7 Å². The molecule has 278 valence electrons. The first-order valence-corrected chi connectivity index (χ1v) is 17.0. The average molecular weight is 752 g/mol. The van der Waals surface area contributed by atoms with Crippen molar-refractivity contribution in [1.29, 1.82) is 0 Å². The zero-order valence-corrected chi connectivity index (χ0v) is 31.3. The fraction of sp³-hybridized carbons (Fsp3) is 0.359. The van der Waals surface area contributed by atoms with Crippen molar-refractivity contribution in [3.05, 3.63) is 120 Å². The number of nitrogens with zero attached hydrogens (tertiary/aromatic N) is 3. The number of hydrogen-bond acceptors (Lipinski definition) is 7. The molecule has 4 aromatic rings. The summed E-state index contributed by atoms with van der Waals surface area (Å²) in [6.45, 7) is 5.97. The first-order chi connectivity index (χ1) is 24.0. The maximum Gasteiger partial charge on any atom is 0.250 e. The summed E-state index contributed by atoms with van der Waals surface area (Å²) in [7, 11) is 0. The summed E-state index contributed by atoms with van der Waals surface area (Å²) < 4.78 is 7.48. The second-order valence-corrected chi connectivity index (χ2v) is 13.3. The molecule has 0 radical (unpaired) electrons. The molecule has 2 heterocycles. The van der Waals surface area contributed by atoms with Crippen LogP contribution in [0.5, 0.6) is 0 Å². The highest BCUT2D eigenvalue weighted by Crippen LogP contribution is 2.38. The number of benzene rings is 3. The van der Waals surface area contributed by atoms with Gasteiger partial charge in [0.05, 0.1) is 30.5 Å². The molecule has 1 aromatic heterocycles. The van der Waals surface area contributed by atoms with Gasteiger partial charge >= 0.3 is 0 Å². The number of rotatable bonds is 14. The number of Topliss-reactive ketones (excluding diaryl/α,β-unsaturated/α-hetero) is 1. The maximum atomic E-state index is 14.3. The van der Waals surface area contributed by atoms with E-state index in [1.54, 1.807) is 24.6 Å². The zero-order chi connectivity index (χ0) is 35.7. The van der Waals surface area contributed by atoms with Gasteiger partial charge in [-0.1, -0.05) is 97.9 Å². The number of halogens is 2. The highest BCUT2D eigenvalue weighted by atomic mass is 35.5. The summed E-state index contributed by atoms with van der Waals surface area (Å²) in [5, 5.41) is 5.46. The van der Waals surface area contributed by atoms with E-state index in [0.29, 0.717) is 32.4 Å². The Morgan fingerprint density at radius 3 is 2.06 bits per heavy atom. The lowest BCUT2D eigenvalue weighted by Gasteiger charge is -2.42. The molecule has 3 aromatic carbocycles. The first kappa shape index (κ1) is 41.9. The summed E-state index contributed by atoms with van der Waals surface area (Å²) in [6, 6.07) is 26.9. The van der Waals surface area contributed by atoms with Gasteiger partial charge < -0.3 is 30.6 Å². The van der Waals surface area contributed by atoms with Crippen LogP contribution in [0.15, 0.2) is 104 Å². The molecular formula is C39H48Cl2N6O5. The quantitative estimate of drug-likeness (QED) is 0.160. The van der Waals surface area contributed by atoms with Crippen LogP contribution in [0.1, 0.15) is 62.8 Å². The van der Waals surface area contributed by atoms with Crippen LogP contribution in [0.25, 0.3) is 0 Å². The number of carbonyl (C=O) groups is 4. The van der Waals surface area contributed by atoms with E-state index in [2.05, 4.69) is 15.6 Å². The van der Waals surface area contributed by atoms with Gasteiger partial charge in [-0.25, -0.2) is 4.98 Å². The molecule has 4 N–H and O–H groups in total. The van der Waals surface area contributed by atoms with Crippen LogP contribution in [0, 0.1) is 0 Å². The minimum Gasteiger partial charge on any atom is -0.374 e. The van der Waals surface area contributed by atoms with Gasteiger partial charge in [0.25, 0.3) is 5.91 Å². The Balaban J connectivity index is 0.00000364. The Labute approximate surface area is 317 Å². The van der Waals surface area contributed by atoms with E-state index in [1.165, 1.54) is 6.33 Å². The summed E-state index contributed by atoms with van der Waals surface area (Å²) in [5.74, 6) is -0.813. The number of aromatic nitrogens is 2. The minimum atomic E-state index is -1.22. The predicted molar refractivity (Wildman–Crippen MR) is 205 cm³/mol. The predicted octanol–water partition coefficient (Wildman–Crippen LogP) is 5.23. The number of nitrogens with one attached hydrogen (secondary N) is 2. The average Bonchev–Trinajstić information content (AvgIpc) is 3.59. The van der Waals surface area contributed by atoms with Crippen LogP contribution in [-0.4, -0.2) is 69.2 Å². The fourth-order valence-electron chi connectivity index (χ4n) is 6.34. The monoisotopic (exact) mass is 750 g/mol. The highest BCUT2D eigenvalue weighted by molar-refractivity contribution is 5.98. The van der Waals surface area contributed by atoms with Crippen molar-refractivity contribution in [1.82, 2.24) is 19.8 Å². The lowest BCUT2D eigenvalue weighted by Crippen LogP contribution is -2.56. The van der Waals surface area contributed by atoms with Crippen molar-refractivity contribution in [3.8, 4) is 0 Å². The van der Waals surface area contributed by atoms with Crippen LogP contribution < -0.4 is 16.4 Å². The van der Waals surface area contributed by atoms with Crippen LogP contribution in [0.4, 0.5) is 5.82 Å². The normalized spacial score (nSPS) is 14.9. The Morgan fingerprint density at radius 1 is 0.904 bits per heavy atom. The van der Waals surface area contributed by atoms with Crippen molar-refractivity contribution < 1.29 is 23.9 Å². The Kier molecular flexibility index (Phi) is 15.1. The third kappa shape index (κ3) is 10.1. The lowest BCUT2D eigenvalue weighted by atomic mass is 9.69. The molecule has 5 rings (SSSR count). The SMILES string of the molecule is CCC(=O)C1(c2ccccc2)CCN(C(=O)C(c2ccccc2)n2cnc(NC(=O)[C@@H](COCc3ccccc3)NC(=O)C(C)(C)N)c2)CC1.Cl.Cl. The third-order valence-corrected chi connectivity index (χ3v) is 9.21. The second-order valence-electron chi connectivity index (χ2n) is 13.3. The molecule has 0 saturated carbocycles. The number of likely N-dealkylation sites (tertiary alicyclic amines) is 1. The highest BCUT2D eigenvalue weighted by Gasteiger charge is 2.43. The molecule has 0 spiro atoms. The molecule has 1 saturated heterocycles. The van der Waals surface area contributed by atoms with Crippen molar-refractivity contribution in [2.24, 2.45) is 5.73 Å². The molecule has 1 aliphatic heterocycles. The van der Waals surface area contributed by atoms with Crippen LogP contribution in [0.2, 0.25) is 0 Å². The molecule has 3 amide bonds. The number of ether oxygens (including phenoxy) is 1. The first-order valence-electron chi connectivity index (χ1n) is 17.0. The number of ketones is 1. The fourth-order valence-corrected chi connectivity index (χ4v) is 6.34. The van der Waals surface area contributed by atoms with Gasteiger partial charge in [0.1, 0.15) is 17.9 Å². The van der Waals surface area contributed by atoms with Crippen molar-refractivity contribution >= 4 is 54.1 Å². The number of anilines is 1. The van der Waals surface area contributed by atoms with E-state index >= 15 is 0 Å². The summed E-state index contributed by atoms with van der Waals surface area (Å²) in [6.07, 6.45) is 4.59. The maximum absolute atomic E-state index is 14.3. The van der Waals surface area contributed by atoms with Crippen molar-refractivity contribution in [2.45, 2.75) is 69.7 Å². The molecule has 1 unspecified atom stereocenters. The zero-order valence-electron chi connectivity index (χ0n) is 29.7. The third-order valence-electron chi connectivity index (χ3n) is 9.21. The summed E-state index contributed by atoms with van der Waals surface area (Å²) in [4.78, 5) is 60.1. The Hall–Kier alpha value is -4.55. The summed E-state index contributed by atoms with van der Waals surface area (Å²) >= 11 is 0. The molecule has 13 heteroatoms. The molecule has 1 aliphatic rings. The van der Waals surface area contributed by atoms with Crippen LogP contribution >= 0.6 is 24.8 Å². The van der Waals surface area contributed by atoms with E-state index in [9.17, 15) is 19.2 Å². The van der Waals surface area contributed by atoms with Crippen LogP contribution in [0.3, 0.4) is 0 Å². The largest absolute Gasteiger partial charge is 0.374 e. The molecule has 11 nitrogen and oxygen atoms in total. The number of imidazole rings is 1. The lowest BCUT2D eigenvalue weighted by molar-refractivity contribution is -0.138. The Bertz CT molecular complexity index is 1760. The van der Waals surface area contributed by atoms with E-state index in [4.69, 9.17) is 10.5 Å². The second kappa shape index (κ2) is 18.8. The van der Waals surface area contributed by atoms with Crippen molar-refractivity contribution in [3.63, 3.8) is 0 Å². The van der Waals surface area contributed by atoms with E-state index in [1.807, 2.05) is 103 Å². The standard InChI is InChI=1S/C39H46N6O5.2ClH/c1-4-32(46)39(30-18-12-7-13-19-30)20-22-44(23-21-39)36(48)34(29-16-10-6-11-17-29)45-24-33(41-27-45)43-35(47)31(42-37(49)38(2,3)40)26-50-25-28-14-8-5-9-15-28;;/h5-19,24,27,31,34H,4,20-23,25-26,40H2,1-3H3,(H,42,49)(H,43,47);2*1H/t31-,34?;;/m1../s1. The summed E-state index contributed by atoms with van der Waals surface area (Å²) in [5.41, 5.74) is 6.81. The van der Waals surface area contributed by atoms with Gasteiger partial charge in [-0.3, -0.25) is 19.2 Å². The van der Waals surface area contributed by atoms with Gasteiger partial charge in [0.15, 0.2) is 5.82 Å². The minimum absolute atomic E-state index is 0. The topological polar surface area (TPSA) is 149 Å². The van der Waals surface area contributed by atoms with Gasteiger partial charge in [-0.2, -0.15) is 0 Å². The molecule has 0 aliphatic carbocycles. The van der Waals surface area contributed by atoms with Crippen LogP contribution in [-0.2, 0) is 35.9 Å². The number of piperidine rings is 1. The van der Waals surface area contributed by atoms with Gasteiger partial charge in [-0.15, -0.1) is 24.8 Å². The molecule has 2 atom stereocenters. The van der Waals surface area contributed by atoms with E-state index < -0.39 is 34.9 Å². The number of carbonyl (C=O) groups excluding carboxylic acids is 4. The number of amides is 3.